The molecular weight excluding hydrogens is 262 g/mol. The van der Waals surface area contributed by atoms with Crippen molar-refractivity contribution in [1.29, 1.82) is 0 Å². The average molecular weight is 283 g/mol. The van der Waals surface area contributed by atoms with E-state index in [1.165, 1.54) is 0 Å². The van der Waals surface area contributed by atoms with E-state index in [0.29, 0.717) is 18.0 Å². The molecule has 106 valence electrons. The molecule has 0 amide bonds. The van der Waals surface area contributed by atoms with Crippen molar-refractivity contribution in [1.82, 2.24) is 4.31 Å². The van der Waals surface area contributed by atoms with Crippen molar-refractivity contribution in [3.63, 3.8) is 0 Å². The molecule has 1 N–H and O–H groups in total. The van der Waals surface area contributed by atoms with Crippen LogP contribution in [0.3, 0.4) is 0 Å². The van der Waals surface area contributed by atoms with Gasteiger partial charge in [-0.1, -0.05) is 26.0 Å². The van der Waals surface area contributed by atoms with Crippen molar-refractivity contribution in [2.45, 2.75) is 38.2 Å². The smallest absolute Gasteiger partial charge is 0.243 e. The van der Waals surface area contributed by atoms with Gasteiger partial charge >= 0.3 is 0 Å². The first-order valence-electron chi connectivity index (χ1n) is 6.51. The van der Waals surface area contributed by atoms with Crippen LogP contribution in [-0.4, -0.2) is 30.9 Å². The Hall–Kier alpha value is -0.910. The molecule has 0 bridgehead atoms. The summed E-state index contributed by atoms with van der Waals surface area (Å²) in [4.78, 5) is 0.301. The first-order valence-corrected chi connectivity index (χ1v) is 7.95. The quantitative estimate of drug-likeness (QED) is 0.925. The predicted octanol–water partition coefficient (Wildman–Crippen LogP) is 2.16. The summed E-state index contributed by atoms with van der Waals surface area (Å²) in [7, 11) is -3.40. The third-order valence-corrected chi connectivity index (χ3v) is 5.50. The summed E-state index contributed by atoms with van der Waals surface area (Å²) in [6.07, 6.45) is 0.306. The molecule has 1 fully saturated rings. The third kappa shape index (κ3) is 2.99. The lowest BCUT2D eigenvalue weighted by molar-refractivity contribution is 0.199. The van der Waals surface area contributed by atoms with Crippen LogP contribution in [0, 0.1) is 5.41 Å². The largest absolute Gasteiger partial charge is 0.389 e. The van der Waals surface area contributed by atoms with E-state index in [2.05, 4.69) is 13.8 Å². The minimum Gasteiger partial charge on any atom is -0.389 e. The van der Waals surface area contributed by atoms with Crippen molar-refractivity contribution in [2.75, 3.05) is 13.1 Å². The minimum absolute atomic E-state index is 0.0482. The van der Waals surface area contributed by atoms with Crippen LogP contribution >= 0.6 is 0 Å². The van der Waals surface area contributed by atoms with Crippen molar-refractivity contribution in [3.05, 3.63) is 29.8 Å². The maximum absolute atomic E-state index is 12.5. The third-order valence-electron chi connectivity index (χ3n) is 3.64. The molecule has 19 heavy (non-hydrogen) atoms. The van der Waals surface area contributed by atoms with Crippen molar-refractivity contribution < 1.29 is 13.5 Å². The maximum atomic E-state index is 12.5. The lowest BCUT2D eigenvalue weighted by Crippen LogP contribution is -2.30. The minimum atomic E-state index is -3.40. The van der Waals surface area contributed by atoms with Crippen LogP contribution < -0.4 is 0 Å². The zero-order valence-corrected chi connectivity index (χ0v) is 12.4. The van der Waals surface area contributed by atoms with Gasteiger partial charge in [-0.05, 0) is 36.5 Å². The van der Waals surface area contributed by atoms with E-state index in [9.17, 15) is 13.5 Å². The van der Waals surface area contributed by atoms with E-state index in [4.69, 9.17) is 0 Å². The number of aliphatic hydroxyl groups excluding tert-OH is 1. The summed E-state index contributed by atoms with van der Waals surface area (Å²) >= 11 is 0. The Morgan fingerprint density at radius 1 is 1.26 bits per heavy atom. The molecule has 5 heteroatoms. The fourth-order valence-electron chi connectivity index (χ4n) is 2.34. The van der Waals surface area contributed by atoms with Gasteiger partial charge in [-0.25, -0.2) is 8.42 Å². The second-order valence-corrected chi connectivity index (χ2v) is 7.94. The number of aliphatic hydroxyl groups is 1. The molecule has 0 radical (unpaired) electrons. The standard InChI is InChI=1S/C14H21NO3S/c1-11(16)12-4-6-13(7-5-12)19(17,18)15-9-8-14(2,3)10-15/h4-7,11,16H,8-10H2,1-3H3. The summed E-state index contributed by atoms with van der Waals surface area (Å²) in [6.45, 7) is 6.96. The number of hydrogen-bond donors (Lipinski definition) is 1. The molecule has 1 aliphatic rings. The molecule has 1 aliphatic heterocycles. The first kappa shape index (κ1) is 14.5. The normalized spacial score (nSPS) is 21.5. The lowest BCUT2D eigenvalue weighted by atomic mass is 9.93. The van der Waals surface area contributed by atoms with Gasteiger partial charge in [0.1, 0.15) is 0 Å². The zero-order valence-electron chi connectivity index (χ0n) is 11.6. The van der Waals surface area contributed by atoms with Gasteiger partial charge in [-0.2, -0.15) is 4.31 Å². The second-order valence-electron chi connectivity index (χ2n) is 6.00. The van der Waals surface area contributed by atoms with Gasteiger partial charge in [0.05, 0.1) is 11.0 Å². The zero-order chi connectivity index (χ0) is 14.3. The number of rotatable bonds is 3. The van der Waals surface area contributed by atoms with Crippen LogP contribution in [0.25, 0.3) is 0 Å². The highest BCUT2D eigenvalue weighted by Crippen LogP contribution is 2.32. The Bertz CT molecular complexity index is 547. The fraction of sp³-hybridized carbons (Fsp3) is 0.571. The highest BCUT2D eigenvalue weighted by atomic mass is 32.2. The van der Waals surface area contributed by atoms with Crippen LogP contribution in [0.4, 0.5) is 0 Å². The van der Waals surface area contributed by atoms with E-state index in [0.717, 1.165) is 12.0 Å². The maximum Gasteiger partial charge on any atom is 0.243 e. The van der Waals surface area contributed by atoms with Gasteiger partial charge < -0.3 is 5.11 Å². The molecule has 1 aromatic rings. The molecule has 1 heterocycles. The fourth-order valence-corrected chi connectivity index (χ4v) is 3.96. The number of nitrogens with zero attached hydrogens (tertiary/aromatic N) is 1. The molecular formula is C14H21NO3S. The summed E-state index contributed by atoms with van der Waals surface area (Å²) in [5.41, 5.74) is 0.771. The van der Waals surface area contributed by atoms with Crippen molar-refractivity contribution >= 4 is 10.0 Å². The molecule has 0 aliphatic carbocycles. The monoisotopic (exact) mass is 283 g/mol. The van der Waals surface area contributed by atoms with Gasteiger partial charge in [-0.3, -0.25) is 0 Å². The summed E-state index contributed by atoms with van der Waals surface area (Å²) in [5, 5.41) is 9.44. The Balaban J connectivity index is 2.25. The van der Waals surface area contributed by atoms with Crippen LogP contribution in [0.2, 0.25) is 0 Å². The van der Waals surface area contributed by atoms with E-state index < -0.39 is 16.1 Å². The Kier molecular flexibility index (Phi) is 3.73. The SMILES string of the molecule is CC(O)c1ccc(S(=O)(=O)N2CCC(C)(C)C2)cc1. The van der Waals surface area contributed by atoms with Gasteiger partial charge in [0.15, 0.2) is 0 Å². The highest BCUT2D eigenvalue weighted by Gasteiger charge is 2.36. The first-order chi connectivity index (χ1) is 8.72. The Morgan fingerprint density at radius 2 is 1.84 bits per heavy atom. The van der Waals surface area contributed by atoms with Crippen molar-refractivity contribution in [3.8, 4) is 0 Å². The van der Waals surface area contributed by atoms with E-state index in [-0.39, 0.29) is 5.41 Å². The topological polar surface area (TPSA) is 57.6 Å². The summed E-state index contributed by atoms with van der Waals surface area (Å²) in [5.74, 6) is 0. The summed E-state index contributed by atoms with van der Waals surface area (Å²) < 4.78 is 26.5. The molecule has 0 spiro atoms. The predicted molar refractivity (Wildman–Crippen MR) is 74.2 cm³/mol. The van der Waals surface area contributed by atoms with Gasteiger partial charge in [0, 0.05) is 13.1 Å². The van der Waals surface area contributed by atoms with E-state index in [1.54, 1.807) is 35.5 Å². The van der Waals surface area contributed by atoms with Gasteiger partial charge in [-0.15, -0.1) is 0 Å². The molecule has 1 saturated heterocycles. The molecule has 2 rings (SSSR count). The second kappa shape index (κ2) is 4.89. The molecule has 1 atom stereocenters. The van der Waals surface area contributed by atoms with Gasteiger partial charge in [0.2, 0.25) is 10.0 Å². The van der Waals surface area contributed by atoms with E-state index >= 15 is 0 Å². The molecule has 0 saturated carbocycles. The Labute approximate surface area is 115 Å². The molecule has 1 aromatic carbocycles. The van der Waals surface area contributed by atoms with Crippen molar-refractivity contribution in [2.24, 2.45) is 5.41 Å². The van der Waals surface area contributed by atoms with Crippen LogP contribution in [0.1, 0.15) is 38.9 Å². The molecule has 1 unspecified atom stereocenters. The average Bonchev–Trinajstić information content (AvgIpc) is 2.70. The molecule has 0 aromatic heterocycles. The van der Waals surface area contributed by atoms with Crippen LogP contribution in [0.15, 0.2) is 29.2 Å². The summed E-state index contributed by atoms with van der Waals surface area (Å²) in [6, 6.07) is 6.48. The number of sulfonamides is 1. The van der Waals surface area contributed by atoms with Gasteiger partial charge in [0.25, 0.3) is 0 Å². The lowest BCUT2D eigenvalue weighted by Gasteiger charge is -2.20. The highest BCUT2D eigenvalue weighted by molar-refractivity contribution is 7.89. The number of benzene rings is 1. The van der Waals surface area contributed by atoms with Crippen LogP contribution in [-0.2, 0) is 10.0 Å². The van der Waals surface area contributed by atoms with Crippen LogP contribution in [0.5, 0.6) is 0 Å². The van der Waals surface area contributed by atoms with E-state index in [1.807, 2.05) is 0 Å². The Morgan fingerprint density at radius 3 is 2.26 bits per heavy atom. The number of hydrogen-bond acceptors (Lipinski definition) is 3. The molecule has 4 nitrogen and oxygen atoms in total.